The largest absolute Gasteiger partial charge is 0.494 e. The molecule has 0 unspecified atom stereocenters. The fourth-order valence-electron chi connectivity index (χ4n) is 1.84. The summed E-state index contributed by atoms with van der Waals surface area (Å²) in [5.74, 6) is 0.632. The molecule has 0 heterocycles. The molecule has 1 aromatic rings. The number of hydrogen-bond donors (Lipinski definition) is 1. The first kappa shape index (κ1) is 16.5. The molecule has 0 amide bonds. The van der Waals surface area contributed by atoms with Crippen LogP contribution in [0.4, 0.5) is 0 Å². The third kappa shape index (κ3) is 6.04. The van der Waals surface area contributed by atoms with E-state index >= 15 is 0 Å². The molecule has 0 fully saturated rings. The Hall–Kier alpha value is -1.59. The average Bonchev–Trinajstić information content (AvgIpc) is 2.50. The maximum absolute atomic E-state index is 11.2. The molecule has 0 spiro atoms. The lowest BCUT2D eigenvalue weighted by Gasteiger charge is -2.18. The number of hydrogen-bond acceptors (Lipinski definition) is 5. The Morgan fingerprint density at radius 2 is 2.20 bits per heavy atom. The van der Waals surface area contributed by atoms with Gasteiger partial charge in [0.1, 0.15) is 5.75 Å². The van der Waals surface area contributed by atoms with Crippen molar-refractivity contribution >= 4 is 5.97 Å². The number of carbonyl (C=O) groups excluding carboxylic acids is 1. The highest BCUT2D eigenvalue weighted by molar-refractivity contribution is 5.71. The van der Waals surface area contributed by atoms with Crippen LogP contribution < -0.4 is 10.5 Å². The predicted molar refractivity (Wildman–Crippen MR) is 78.6 cm³/mol. The molecule has 112 valence electrons. The summed E-state index contributed by atoms with van der Waals surface area (Å²) in [6, 6.07) is 7.78. The monoisotopic (exact) mass is 280 g/mol. The van der Waals surface area contributed by atoms with E-state index in [-0.39, 0.29) is 5.97 Å². The molecule has 5 heteroatoms. The van der Waals surface area contributed by atoms with Crippen molar-refractivity contribution in [3.8, 4) is 5.75 Å². The summed E-state index contributed by atoms with van der Waals surface area (Å²) in [5, 5.41) is 0. The summed E-state index contributed by atoms with van der Waals surface area (Å²) in [6.45, 7) is 5.11. The lowest BCUT2D eigenvalue weighted by molar-refractivity contribution is -0.141. The lowest BCUT2D eigenvalue weighted by atomic mass is 10.2. The van der Waals surface area contributed by atoms with Crippen LogP contribution in [0.15, 0.2) is 24.3 Å². The van der Waals surface area contributed by atoms with E-state index < -0.39 is 0 Å². The number of nitrogens with two attached hydrogens (primary N) is 1. The Morgan fingerprint density at radius 3 is 2.85 bits per heavy atom. The molecule has 2 N–H and O–H groups in total. The van der Waals surface area contributed by atoms with E-state index in [1.165, 1.54) is 7.11 Å². The Kier molecular flexibility index (Phi) is 7.69. The highest BCUT2D eigenvalue weighted by Gasteiger charge is 2.08. The number of nitrogens with zero attached hydrogens (tertiary/aromatic N) is 1. The van der Waals surface area contributed by atoms with Gasteiger partial charge in [-0.25, -0.2) is 0 Å². The number of ether oxygens (including phenoxy) is 2. The molecule has 0 aliphatic heterocycles. The molecular weight excluding hydrogens is 256 g/mol. The first-order valence-corrected chi connectivity index (χ1v) is 6.90. The Labute approximate surface area is 120 Å². The molecule has 0 aliphatic carbocycles. The first-order chi connectivity index (χ1) is 9.69. The number of rotatable bonds is 9. The molecule has 5 nitrogen and oxygen atoms in total. The van der Waals surface area contributed by atoms with E-state index in [2.05, 4.69) is 4.74 Å². The summed E-state index contributed by atoms with van der Waals surface area (Å²) in [5.41, 5.74) is 6.64. The number of esters is 1. The van der Waals surface area contributed by atoms with Crippen molar-refractivity contribution < 1.29 is 14.3 Å². The Balaban J connectivity index is 2.27. The van der Waals surface area contributed by atoms with E-state index in [0.717, 1.165) is 30.8 Å². The zero-order valence-corrected chi connectivity index (χ0v) is 12.3. The fourth-order valence-corrected chi connectivity index (χ4v) is 1.84. The van der Waals surface area contributed by atoms with Crippen molar-refractivity contribution in [3.63, 3.8) is 0 Å². The van der Waals surface area contributed by atoms with Crippen LogP contribution in [0, 0.1) is 0 Å². The zero-order valence-electron chi connectivity index (χ0n) is 12.3. The second-order valence-electron chi connectivity index (χ2n) is 4.50. The van der Waals surface area contributed by atoms with Crippen LogP contribution in [0.25, 0.3) is 0 Å². The molecule has 0 saturated carbocycles. The summed E-state index contributed by atoms with van der Waals surface area (Å²) >= 11 is 0. The van der Waals surface area contributed by atoms with Crippen molar-refractivity contribution in [3.05, 3.63) is 29.8 Å². The second-order valence-corrected chi connectivity index (χ2v) is 4.50. The predicted octanol–water partition coefficient (Wildman–Crippen LogP) is 1.41. The van der Waals surface area contributed by atoms with Gasteiger partial charge in [0.15, 0.2) is 0 Å². The maximum Gasteiger partial charge on any atom is 0.319 e. The molecule has 0 saturated heterocycles. The quantitative estimate of drug-likeness (QED) is 0.547. The van der Waals surface area contributed by atoms with Crippen LogP contribution in [0.3, 0.4) is 0 Å². The fraction of sp³-hybridized carbons (Fsp3) is 0.533. The second kappa shape index (κ2) is 9.34. The van der Waals surface area contributed by atoms with Crippen LogP contribution in [0.2, 0.25) is 0 Å². The van der Waals surface area contributed by atoms with Crippen LogP contribution in [-0.4, -0.2) is 44.2 Å². The van der Waals surface area contributed by atoms with E-state index in [1.807, 2.05) is 36.1 Å². The van der Waals surface area contributed by atoms with Gasteiger partial charge in [0.05, 0.1) is 20.3 Å². The van der Waals surface area contributed by atoms with E-state index in [4.69, 9.17) is 10.5 Å². The first-order valence-electron chi connectivity index (χ1n) is 6.90. The van der Waals surface area contributed by atoms with Gasteiger partial charge < -0.3 is 15.2 Å². The summed E-state index contributed by atoms with van der Waals surface area (Å²) in [4.78, 5) is 13.2. The molecule has 0 aromatic heterocycles. The highest BCUT2D eigenvalue weighted by Crippen LogP contribution is 2.13. The number of likely N-dealkylation sites (N-methyl/N-ethyl adjacent to an activating group) is 1. The minimum absolute atomic E-state index is 0.205. The van der Waals surface area contributed by atoms with Crippen molar-refractivity contribution in [1.29, 1.82) is 0 Å². The third-order valence-electron chi connectivity index (χ3n) is 3.05. The van der Waals surface area contributed by atoms with Crippen molar-refractivity contribution in [2.45, 2.75) is 19.9 Å². The molecule has 1 rings (SSSR count). The number of benzene rings is 1. The van der Waals surface area contributed by atoms with E-state index in [9.17, 15) is 4.79 Å². The minimum Gasteiger partial charge on any atom is -0.494 e. The van der Waals surface area contributed by atoms with Gasteiger partial charge in [0.25, 0.3) is 0 Å². The summed E-state index contributed by atoms with van der Waals surface area (Å²) in [6.07, 6.45) is 0.859. The highest BCUT2D eigenvalue weighted by atomic mass is 16.5. The van der Waals surface area contributed by atoms with Gasteiger partial charge in [-0.2, -0.15) is 0 Å². The molecule has 0 bridgehead atoms. The lowest BCUT2D eigenvalue weighted by Crippen LogP contribution is -2.32. The topological polar surface area (TPSA) is 64.8 Å². The van der Waals surface area contributed by atoms with Gasteiger partial charge in [-0.3, -0.25) is 9.69 Å². The summed E-state index contributed by atoms with van der Waals surface area (Å²) in [7, 11) is 1.41. The molecule has 0 radical (unpaired) electrons. The van der Waals surface area contributed by atoms with E-state index in [1.54, 1.807) is 0 Å². The van der Waals surface area contributed by atoms with Gasteiger partial charge in [-0.05, 0) is 30.7 Å². The molecular formula is C15H24N2O3. The Bertz CT molecular complexity index is 410. The van der Waals surface area contributed by atoms with Gasteiger partial charge in [-0.15, -0.1) is 0 Å². The molecule has 0 atom stereocenters. The Morgan fingerprint density at radius 1 is 1.40 bits per heavy atom. The zero-order chi connectivity index (χ0) is 14.8. The van der Waals surface area contributed by atoms with Crippen LogP contribution in [-0.2, 0) is 16.1 Å². The molecule has 1 aromatic carbocycles. The standard InChI is InChI=1S/C15H24N2O3/c1-3-17(12-15(18)19-2)8-5-9-20-14-7-4-6-13(10-14)11-16/h4,6-7,10H,3,5,8-9,11-12,16H2,1-2H3. The summed E-state index contributed by atoms with van der Waals surface area (Å²) < 4.78 is 10.3. The van der Waals surface area contributed by atoms with Crippen molar-refractivity contribution in [2.75, 3.05) is 33.4 Å². The molecule has 20 heavy (non-hydrogen) atoms. The van der Waals surface area contributed by atoms with Crippen LogP contribution in [0.1, 0.15) is 18.9 Å². The van der Waals surface area contributed by atoms with Gasteiger partial charge in [0.2, 0.25) is 0 Å². The van der Waals surface area contributed by atoms with Gasteiger partial charge >= 0.3 is 5.97 Å². The van der Waals surface area contributed by atoms with E-state index in [0.29, 0.717) is 19.7 Å². The van der Waals surface area contributed by atoms with Gasteiger partial charge in [0, 0.05) is 13.1 Å². The SMILES string of the molecule is CCN(CCCOc1cccc(CN)c1)CC(=O)OC. The maximum atomic E-state index is 11.2. The van der Waals surface area contributed by atoms with Gasteiger partial charge in [-0.1, -0.05) is 19.1 Å². The minimum atomic E-state index is -0.205. The van der Waals surface area contributed by atoms with Crippen molar-refractivity contribution in [1.82, 2.24) is 4.90 Å². The van der Waals surface area contributed by atoms with Crippen LogP contribution in [0.5, 0.6) is 5.75 Å². The normalized spacial score (nSPS) is 10.6. The van der Waals surface area contributed by atoms with Crippen molar-refractivity contribution in [2.24, 2.45) is 5.73 Å². The smallest absolute Gasteiger partial charge is 0.319 e. The average molecular weight is 280 g/mol. The van der Waals surface area contributed by atoms with Crippen LogP contribution >= 0.6 is 0 Å². The third-order valence-corrected chi connectivity index (χ3v) is 3.05. The molecule has 0 aliphatic rings. The number of carbonyl (C=O) groups is 1. The number of methoxy groups -OCH3 is 1.